The minimum Gasteiger partial charge on any atom is -0.491 e. The number of piperidine rings is 1. The van der Waals surface area contributed by atoms with E-state index in [1.54, 1.807) is 23.1 Å². The number of hydrogen-bond donors (Lipinski definition) is 0. The average molecular weight is 552 g/mol. The van der Waals surface area contributed by atoms with Crippen LogP contribution in [0, 0.1) is 11.3 Å². The van der Waals surface area contributed by atoms with E-state index in [1.807, 2.05) is 35.5 Å². The van der Waals surface area contributed by atoms with Gasteiger partial charge in [-0.2, -0.15) is 10.4 Å². The molecule has 0 aliphatic carbocycles. The Hall–Kier alpha value is -4.60. The van der Waals surface area contributed by atoms with Crippen LogP contribution in [0.4, 0.5) is 5.82 Å². The molecule has 4 saturated heterocycles. The fraction of sp³-hybridized carbons (Fsp3) is 0.379. The van der Waals surface area contributed by atoms with Gasteiger partial charge in [-0.25, -0.2) is 14.5 Å². The normalized spacial score (nSPS) is 20.5. The fourth-order valence-corrected chi connectivity index (χ4v) is 6.00. The molecule has 2 atom stereocenters. The summed E-state index contributed by atoms with van der Waals surface area (Å²) in [5, 5.41) is 14.1. The topological polar surface area (TPSA) is 125 Å². The number of hydrogen-bond acceptors (Lipinski definition) is 10. The molecule has 0 radical (unpaired) electrons. The third kappa shape index (κ3) is 4.83. The molecular weight excluding hydrogens is 522 g/mol. The molecule has 41 heavy (non-hydrogen) atoms. The lowest BCUT2D eigenvalue weighted by atomic mass is 9.87. The second kappa shape index (κ2) is 10.8. The van der Waals surface area contributed by atoms with E-state index < -0.39 is 0 Å². The number of carbonyl (C=O) groups excluding carboxylic acids is 1. The van der Waals surface area contributed by atoms with Gasteiger partial charge >= 0.3 is 0 Å². The fourth-order valence-electron chi connectivity index (χ4n) is 6.00. The van der Waals surface area contributed by atoms with Crippen LogP contribution in [0.2, 0.25) is 0 Å². The summed E-state index contributed by atoms with van der Waals surface area (Å²) >= 11 is 0. The number of morpholine rings is 1. The third-order valence-corrected chi connectivity index (χ3v) is 8.08. The number of rotatable bonds is 7. The lowest BCUT2D eigenvalue weighted by Gasteiger charge is -2.56. The minimum atomic E-state index is -0.0625. The maximum atomic E-state index is 12.9. The van der Waals surface area contributed by atoms with Crippen molar-refractivity contribution in [2.24, 2.45) is 0 Å². The number of fused-ring (bicyclic) bond motifs is 3. The highest BCUT2D eigenvalue weighted by Gasteiger charge is 2.48. The zero-order valence-electron chi connectivity index (χ0n) is 22.5. The first-order valence-corrected chi connectivity index (χ1v) is 13.8. The van der Waals surface area contributed by atoms with Crippen molar-refractivity contribution in [1.82, 2.24) is 34.4 Å². The molecule has 8 rings (SSSR count). The lowest BCUT2D eigenvalue weighted by Crippen LogP contribution is -2.70. The summed E-state index contributed by atoms with van der Waals surface area (Å²) in [6.07, 6.45) is 10.8. The standard InChI is InChI=1S/C29H29N9O3/c30-13-21-15-34-37-19-24(41-10-7-35-5-8-40-9-6-35)12-25(28(21)37)20-1-2-27(33-14-20)36-17-22-11-23(18-36)38(22)29(39)26-16-31-3-4-32-26/h1-4,12,14-16,19,22-23H,5-11,17-18H2. The first kappa shape index (κ1) is 25.4. The molecule has 208 valence electrons. The van der Waals surface area contributed by atoms with E-state index in [0.29, 0.717) is 36.7 Å². The van der Waals surface area contributed by atoms with Crippen LogP contribution in [0.15, 0.2) is 55.4 Å². The van der Waals surface area contributed by atoms with Gasteiger partial charge in [0.1, 0.15) is 29.9 Å². The lowest BCUT2D eigenvalue weighted by molar-refractivity contribution is 0.00520. The molecule has 2 unspecified atom stereocenters. The second-order valence-corrected chi connectivity index (χ2v) is 10.5. The van der Waals surface area contributed by atoms with Crippen LogP contribution in [0.3, 0.4) is 0 Å². The summed E-state index contributed by atoms with van der Waals surface area (Å²) in [4.78, 5) is 32.4. The smallest absolute Gasteiger partial charge is 0.274 e. The molecule has 4 aliphatic rings. The first-order chi connectivity index (χ1) is 20.2. The number of nitriles is 1. The number of anilines is 1. The van der Waals surface area contributed by atoms with E-state index >= 15 is 0 Å². The Kier molecular flexibility index (Phi) is 6.66. The maximum Gasteiger partial charge on any atom is 0.274 e. The van der Waals surface area contributed by atoms with Gasteiger partial charge in [0.15, 0.2) is 0 Å². The molecule has 2 bridgehead atoms. The Morgan fingerprint density at radius 2 is 1.95 bits per heavy atom. The van der Waals surface area contributed by atoms with Gasteiger partial charge in [0, 0.05) is 62.4 Å². The summed E-state index contributed by atoms with van der Waals surface area (Å²) in [6, 6.07) is 8.48. The van der Waals surface area contributed by atoms with Crippen LogP contribution in [0.5, 0.6) is 5.75 Å². The number of ether oxygens (including phenoxy) is 2. The van der Waals surface area contributed by atoms with E-state index in [9.17, 15) is 10.1 Å². The van der Waals surface area contributed by atoms with Crippen LogP contribution in [0.1, 0.15) is 22.5 Å². The van der Waals surface area contributed by atoms with Crippen molar-refractivity contribution in [3.8, 4) is 22.9 Å². The summed E-state index contributed by atoms with van der Waals surface area (Å²) < 4.78 is 13.3. The highest BCUT2D eigenvalue weighted by molar-refractivity contribution is 5.93. The van der Waals surface area contributed by atoms with Crippen LogP contribution in [-0.4, -0.2) is 105 Å². The first-order valence-electron chi connectivity index (χ1n) is 13.8. The van der Waals surface area contributed by atoms with Crippen molar-refractivity contribution in [2.75, 3.05) is 57.4 Å². The molecule has 0 aromatic carbocycles. The van der Waals surface area contributed by atoms with Crippen molar-refractivity contribution in [3.63, 3.8) is 0 Å². The Morgan fingerprint density at radius 1 is 1.10 bits per heavy atom. The molecule has 0 saturated carbocycles. The van der Waals surface area contributed by atoms with Crippen LogP contribution >= 0.6 is 0 Å². The van der Waals surface area contributed by atoms with Gasteiger partial charge in [-0.3, -0.25) is 14.7 Å². The number of nitrogens with zero attached hydrogens (tertiary/aromatic N) is 9. The van der Waals surface area contributed by atoms with E-state index in [-0.39, 0.29) is 18.0 Å². The number of amides is 1. The summed E-state index contributed by atoms with van der Waals surface area (Å²) in [6.45, 7) is 6.11. The van der Waals surface area contributed by atoms with Crippen LogP contribution < -0.4 is 9.64 Å². The van der Waals surface area contributed by atoms with Crippen LogP contribution in [0.25, 0.3) is 16.6 Å². The van der Waals surface area contributed by atoms with Gasteiger partial charge in [-0.05, 0) is 24.6 Å². The predicted molar refractivity (Wildman–Crippen MR) is 148 cm³/mol. The van der Waals surface area contributed by atoms with E-state index in [0.717, 1.165) is 61.7 Å². The van der Waals surface area contributed by atoms with Gasteiger partial charge in [0.2, 0.25) is 0 Å². The monoisotopic (exact) mass is 551 g/mol. The van der Waals surface area contributed by atoms with Gasteiger partial charge in [-0.1, -0.05) is 0 Å². The average Bonchev–Trinajstić information content (AvgIpc) is 3.45. The molecule has 1 amide bonds. The molecule has 12 heteroatoms. The largest absolute Gasteiger partial charge is 0.491 e. The highest BCUT2D eigenvalue weighted by atomic mass is 16.5. The Morgan fingerprint density at radius 3 is 2.68 bits per heavy atom. The van der Waals surface area contributed by atoms with Gasteiger partial charge in [-0.15, -0.1) is 0 Å². The molecule has 4 aromatic rings. The maximum absolute atomic E-state index is 12.9. The Balaban J connectivity index is 1.08. The molecular formula is C29H29N9O3. The molecule has 0 spiro atoms. The van der Waals surface area contributed by atoms with Crippen molar-refractivity contribution < 1.29 is 14.3 Å². The van der Waals surface area contributed by atoms with Crippen molar-refractivity contribution >= 4 is 17.2 Å². The number of carbonyl (C=O) groups is 1. The second-order valence-electron chi connectivity index (χ2n) is 10.5. The zero-order chi connectivity index (χ0) is 27.8. The Bertz CT molecular complexity index is 1580. The SMILES string of the molecule is N#Cc1cnn2cc(OCCN3CCOCC3)cc(-c3ccc(N4CC5CC(C4)N5C(=O)c4cnccn4)nc3)c12. The number of piperazine rings is 1. The van der Waals surface area contributed by atoms with E-state index in [2.05, 4.69) is 30.9 Å². The molecule has 4 fully saturated rings. The summed E-state index contributed by atoms with van der Waals surface area (Å²) in [5.41, 5.74) is 3.31. The highest BCUT2D eigenvalue weighted by Crippen LogP contribution is 2.36. The summed E-state index contributed by atoms with van der Waals surface area (Å²) in [5.74, 6) is 1.48. The molecule has 4 aromatic heterocycles. The molecule has 8 heterocycles. The number of aromatic nitrogens is 5. The van der Waals surface area contributed by atoms with Crippen molar-refractivity contribution in [2.45, 2.75) is 18.5 Å². The molecule has 12 nitrogen and oxygen atoms in total. The van der Waals surface area contributed by atoms with E-state index in [1.165, 1.54) is 6.20 Å². The van der Waals surface area contributed by atoms with Gasteiger partial charge < -0.3 is 19.3 Å². The minimum absolute atomic E-state index is 0.0625. The molecule has 4 aliphatic heterocycles. The Labute approximate surface area is 236 Å². The van der Waals surface area contributed by atoms with Crippen molar-refractivity contribution in [3.05, 3.63) is 66.6 Å². The summed E-state index contributed by atoms with van der Waals surface area (Å²) in [7, 11) is 0. The molecule has 0 N–H and O–H groups in total. The predicted octanol–water partition coefficient (Wildman–Crippen LogP) is 1.87. The van der Waals surface area contributed by atoms with Crippen molar-refractivity contribution in [1.29, 1.82) is 5.26 Å². The zero-order valence-corrected chi connectivity index (χ0v) is 22.5. The van der Waals surface area contributed by atoms with Gasteiger partial charge in [0.05, 0.1) is 55.0 Å². The van der Waals surface area contributed by atoms with Crippen LogP contribution in [-0.2, 0) is 4.74 Å². The third-order valence-electron chi connectivity index (χ3n) is 8.08. The van der Waals surface area contributed by atoms with E-state index in [4.69, 9.17) is 14.5 Å². The van der Waals surface area contributed by atoms with Gasteiger partial charge in [0.25, 0.3) is 5.91 Å². The quantitative estimate of drug-likeness (QED) is 0.336. The number of pyridine rings is 2.